The van der Waals surface area contributed by atoms with Gasteiger partial charge in [-0.2, -0.15) is 0 Å². The lowest BCUT2D eigenvalue weighted by Gasteiger charge is -2.47. The van der Waals surface area contributed by atoms with E-state index in [9.17, 15) is 0 Å². The normalized spacial score (nSPS) is 28.3. The summed E-state index contributed by atoms with van der Waals surface area (Å²) < 4.78 is 17.8. The molecule has 0 aliphatic carbocycles. The SMILES string of the molecule is Cc1ccc(CN2CC3(C[C@@H](OCC4CCOCC4)CS3)C2)o1. The molecule has 128 valence electrons. The van der Waals surface area contributed by atoms with Gasteiger partial charge in [0.1, 0.15) is 11.5 Å². The summed E-state index contributed by atoms with van der Waals surface area (Å²) in [6, 6.07) is 4.15. The third kappa shape index (κ3) is 3.78. The van der Waals surface area contributed by atoms with Crippen LogP contribution in [0.5, 0.6) is 0 Å². The van der Waals surface area contributed by atoms with Gasteiger partial charge in [0.05, 0.1) is 12.6 Å². The fraction of sp³-hybridized carbons (Fsp3) is 0.778. The van der Waals surface area contributed by atoms with Gasteiger partial charge in [0, 0.05) is 43.4 Å². The summed E-state index contributed by atoms with van der Waals surface area (Å²) in [5, 5.41) is 0. The van der Waals surface area contributed by atoms with Crippen molar-refractivity contribution in [2.45, 2.75) is 43.6 Å². The van der Waals surface area contributed by atoms with E-state index in [0.29, 0.717) is 16.8 Å². The Balaban J connectivity index is 1.19. The Hall–Kier alpha value is -0.490. The molecule has 1 atom stereocenters. The van der Waals surface area contributed by atoms with E-state index >= 15 is 0 Å². The fourth-order valence-corrected chi connectivity index (χ4v) is 5.59. The Morgan fingerprint density at radius 3 is 2.87 bits per heavy atom. The van der Waals surface area contributed by atoms with Crippen molar-refractivity contribution < 1.29 is 13.9 Å². The fourth-order valence-electron chi connectivity index (χ4n) is 3.99. The van der Waals surface area contributed by atoms with Crippen molar-refractivity contribution in [3.63, 3.8) is 0 Å². The number of aryl methyl sites for hydroxylation is 1. The van der Waals surface area contributed by atoms with Gasteiger partial charge >= 0.3 is 0 Å². The second-order valence-electron chi connectivity index (χ2n) is 7.37. The van der Waals surface area contributed by atoms with Crippen LogP contribution in [0.1, 0.15) is 30.8 Å². The first-order valence-corrected chi connectivity index (χ1v) is 9.80. The van der Waals surface area contributed by atoms with Crippen LogP contribution in [0.25, 0.3) is 0 Å². The molecule has 0 bridgehead atoms. The van der Waals surface area contributed by atoms with Gasteiger partial charge in [-0.25, -0.2) is 0 Å². The number of nitrogens with zero attached hydrogens (tertiary/aromatic N) is 1. The van der Waals surface area contributed by atoms with Crippen LogP contribution in [0.2, 0.25) is 0 Å². The molecule has 0 N–H and O–H groups in total. The van der Waals surface area contributed by atoms with Gasteiger partial charge in [-0.15, -0.1) is 11.8 Å². The number of likely N-dealkylation sites (tertiary alicyclic amines) is 1. The highest BCUT2D eigenvalue weighted by Crippen LogP contribution is 2.46. The second-order valence-corrected chi connectivity index (χ2v) is 8.85. The van der Waals surface area contributed by atoms with Crippen LogP contribution in [-0.4, -0.2) is 54.4 Å². The molecule has 0 radical (unpaired) electrons. The first-order chi connectivity index (χ1) is 11.2. The molecule has 0 unspecified atom stereocenters. The lowest BCUT2D eigenvalue weighted by Crippen LogP contribution is -2.58. The van der Waals surface area contributed by atoms with Gasteiger partial charge in [0.25, 0.3) is 0 Å². The third-order valence-corrected chi connectivity index (χ3v) is 6.86. The zero-order valence-corrected chi connectivity index (χ0v) is 14.8. The average Bonchev–Trinajstić information content (AvgIpc) is 3.13. The molecule has 0 saturated carbocycles. The first kappa shape index (κ1) is 16.0. The predicted molar refractivity (Wildman–Crippen MR) is 91.8 cm³/mol. The molecular weight excluding hydrogens is 310 g/mol. The highest BCUT2D eigenvalue weighted by Gasteiger charge is 2.49. The number of thioether (sulfide) groups is 1. The smallest absolute Gasteiger partial charge is 0.118 e. The Morgan fingerprint density at radius 2 is 2.13 bits per heavy atom. The van der Waals surface area contributed by atoms with Crippen LogP contribution >= 0.6 is 11.8 Å². The summed E-state index contributed by atoms with van der Waals surface area (Å²) >= 11 is 2.12. The van der Waals surface area contributed by atoms with Gasteiger partial charge in [0.2, 0.25) is 0 Å². The minimum Gasteiger partial charge on any atom is -0.465 e. The molecule has 1 aromatic rings. The summed E-state index contributed by atoms with van der Waals surface area (Å²) in [6.45, 7) is 8.07. The van der Waals surface area contributed by atoms with Crippen molar-refractivity contribution in [2.24, 2.45) is 5.92 Å². The van der Waals surface area contributed by atoms with E-state index in [1.807, 2.05) is 6.92 Å². The van der Waals surface area contributed by atoms with Crippen molar-refractivity contribution in [3.05, 3.63) is 23.7 Å². The van der Waals surface area contributed by atoms with Crippen LogP contribution < -0.4 is 0 Å². The summed E-state index contributed by atoms with van der Waals surface area (Å²) in [7, 11) is 0. The monoisotopic (exact) mass is 337 g/mol. The molecule has 5 heteroatoms. The molecular formula is C18H27NO3S. The summed E-state index contributed by atoms with van der Waals surface area (Å²) in [4.78, 5) is 2.49. The lowest BCUT2D eigenvalue weighted by atomic mass is 9.92. The molecule has 3 aliphatic heterocycles. The largest absolute Gasteiger partial charge is 0.465 e. The summed E-state index contributed by atoms with van der Waals surface area (Å²) in [5.41, 5.74) is 0. The minimum absolute atomic E-state index is 0.446. The van der Waals surface area contributed by atoms with Crippen LogP contribution in [0.3, 0.4) is 0 Å². The standard InChI is InChI=1S/C18H27NO3S/c1-14-2-3-16(22-14)9-19-12-18(13-19)8-17(11-23-18)21-10-15-4-6-20-7-5-15/h2-3,15,17H,4-13H2,1H3/t17-/m1/s1. The van der Waals surface area contributed by atoms with Crippen LogP contribution in [0, 0.1) is 12.8 Å². The molecule has 23 heavy (non-hydrogen) atoms. The highest BCUT2D eigenvalue weighted by molar-refractivity contribution is 8.01. The van der Waals surface area contributed by atoms with E-state index in [1.165, 1.54) is 32.4 Å². The van der Waals surface area contributed by atoms with E-state index in [-0.39, 0.29) is 0 Å². The zero-order valence-electron chi connectivity index (χ0n) is 14.0. The van der Waals surface area contributed by atoms with Crippen molar-refractivity contribution in [2.75, 3.05) is 38.7 Å². The molecule has 4 heterocycles. The number of hydrogen-bond acceptors (Lipinski definition) is 5. The maximum absolute atomic E-state index is 6.22. The number of hydrogen-bond donors (Lipinski definition) is 0. The van der Waals surface area contributed by atoms with E-state index < -0.39 is 0 Å². The molecule has 3 aliphatic rings. The Bertz CT molecular complexity index is 520. The maximum atomic E-state index is 6.22. The van der Waals surface area contributed by atoms with Gasteiger partial charge in [-0.05, 0) is 44.2 Å². The Kier molecular flexibility index (Phi) is 4.72. The number of ether oxygens (including phenoxy) is 2. The topological polar surface area (TPSA) is 34.8 Å². The van der Waals surface area contributed by atoms with Crippen molar-refractivity contribution in [3.8, 4) is 0 Å². The van der Waals surface area contributed by atoms with E-state index in [1.54, 1.807) is 0 Å². The molecule has 4 nitrogen and oxygen atoms in total. The summed E-state index contributed by atoms with van der Waals surface area (Å²) in [6.07, 6.45) is 4.01. The lowest BCUT2D eigenvalue weighted by molar-refractivity contribution is -0.0137. The van der Waals surface area contributed by atoms with Crippen molar-refractivity contribution in [1.82, 2.24) is 4.90 Å². The van der Waals surface area contributed by atoms with Crippen LogP contribution in [-0.2, 0) is 16.0 Å². The molecule has 1 spiro atoms. The third-order valence-electron chi connectivity index (χ3n) is 5.28. The Morgan fingerprint density at radius 1 is 1.30 bits per heavy atom. The number of rotatable bonds is 5. The van der Waals surface area contributed by atoms with Crippen LogP contribution in [0.15, 0.2) is 16.5 Å². The number of furan rings is 1. The summed E-state index contributed by atoms with van der Waals surface area (Å²) in [5.74, 6) is 3.97. The molecule has 0 amide bonds. The van der Waals surface area contributed by atoms with Gasteiger partial charge in [0.15, 0.2) is 0 Å². The minimum atomic E-state index is 0.446. The first-order valence-electron chi connectivity index (χ1n) is 8.82. The molecule has 3 saturated heterocycles. The second kappa shape index (κ2) is 6.79. The van der Waals surface area contributed by atoms with Crippen LogP contribution in [0.4, 0.5) is 0 Å². The highest BCUT2D eigenvalue weighted by atomic mass is 32.2. The quantitative estimate of drug-likeness (QED) is 0.825. The molecule has 3 fully saturated rings. The average molecular weight is 337 g/mol. The van der Waals surface area contributed by atoms with E-state index in [0.717, 1.165) is 43.6 Å². The van der Waals surface area contributed by atoms with Gasteiger partial charge in [-0.3, -0.25) is 4.90 Å². The van der Waals surface area contributed by atoms with Crippen molar-refractivity contribution in [1.29, 1.82) is 0 Å². The van der Waals surface area contributed by atoms with E-state index in [4.69, 9.17) is 13.9 Å². The zero-order chi connectivity index (χ0) is 15.7. The van der Waals surface area contributed by atoms with Crippen molar-refractivity contribution >= 4 is 11.8 Å². The molecule has 0 aromatic carbocycles. The van der Waals surface area contributed by atoms with Gasteiger partial charge in [-0.1, -0.05) is 0 Å². The predicted octanol–water partition coefficient (Wildman–Crippen LogP) is 3.09. The molecule has 4 rings (SSSR count). The maximum Gasteiger partial charge on any atom is 0.118 e. The van der Waals surface area contributed by atoms with E-state index in [2.05, 4.69) is 28.8 Å². The Labute approximate surface area is 142 Å². The van der Waals surface area contributed by atoms with Gasteiger partial charge < -0.3 is 13.9 Å². The molecule has 1 aromatic heterocycles.